The van der Waals surface area contributed by atoms with Crippen LogP contribution in [0.4, 0.5) is 13.2 Å². The summed E-state index contributed by atoms with van der Waals surface area (Å²) in [4.78, 5) is 18.6. The third-order valence-corrected chi connectivity index (χ3v) is 5.15. The standard InChI is InChI=1S/C20H19BF3N3O/c1-19(13-5-4-6-14(21)16(13)22)15(17(28)27(3)18(25)26-19)11-7-9-12(10-8-11)20(2,23)24/h4-10,15H,1-3H3,(H2,25,26)/t15-,19-/m1/s1. The average molecular weight is 385 g/mol. The van der Waals surface area contributed by atoms with E-state index in [0.717, 1.165) is 6.92 Å². The summed E-state index contributed by atoms with van der Waals surface area (Å²) in [7, 11) is 7.16. The number of nitrogens with two attached hydrogens (primary N) is 1. The molecule has 0 bridgehead atoms. The van der Waals surface area contributed by atoms with Crippen LogP contribution in [0.5, 0.6) is 0 Å². The van der Waals surface area contributed by atoms with Gasteiger partial charge in [0, 0.05) is 25.1 Å². The highest BCUT2D eigenvalue weighted by molar-refractivity contribution is 6.32. The van der Waals surface area contributed by atoms with Crippen molar-refractivity contribution < 1.29 is 18.0 Å². The number of carbonyl (C=O) groups excluding carboxylic acids is 1. The lowest BCUT2D eigenvalue weighted by atomic mass is 9.73. The van der Waals surface area contributed by atoms with Gasteiger partial charge in [-0.2, -0.15) is 0 Å². The fourth-order valence-corrected chi connectivity index (χ4v) is 3.52. The topological polar surface area (TPSA) is 58.7 Å². The molecule has 144 valence electrons. The first kappa shape index (κ1) is 20.0. The molecule has 2 radical (unpaired) electrons. The molecule has 0 fully saturated rings. The smallest absolute Gasteiger partial charge is 0.270 e. The molecule has 1 aliphatic heterocycles. The van der Waals surface area contributed by atoms with Gasteiger partial charge in [-0.05, 0) is 12.5 Å². The lowest BCUT2D eigenvalue weighted by Crippen LogP contribution is -2.53. The number of guanidine groups is 1. The van der Waals surface area contributed by atoms with Gasteiger partial charge < -0.3 is 5.73 Å². The van der Waals surface area contributed by atoms with Crippen molar-refractivity contribution in [1.29, 1.82) is 0 Å². The fraction of sp³-hybridized carbons (Fsp3) is 0.300. The van der Waals surface area contributed by atoms with Crippen LogP contribution in [0, 0.1) is 5.82 Å². The molecule has 0 saturated carbocycles. The second kappa shape index (κ2) is 6.69. The predicted molar refractivity (Wildman–Crippen MR) is 102 cm³/mol. The van der Waals surface area contributed by atoms with E-state index in [1.807, 2.05) is 0 Å². The van der Waals surface area contributed by atoms with Gasteiger partial charge in [0.1, 0.15) is 19.2 Å². The van der Waals surface area contributed by atoms with Gasteiger partial charge >= 0.3 is 0 Å². The molecule has 1 amide bonds. The number of benzene rings is 2. The molecule has 1 heterocycles. The summed E-state index contributed by atoms with van der Waals surface area (Å²) >= 11 is 0. The first-order valence-electron chi connectivity index (χ1n) is 8.62. The lowest BCUT2D eigenvalue weighted by Gasteiger charge is -2.41. The average Bonchev–Trinajstić information content (AvgIpc) is 2.62. The van der Waals surface area contributed by atoms with Crippen molar-refractivity contribution in [3.63, 3.8) is 0 Å². The largest absolute Gasteiger partial charge is 0.369 e. The van der Waals surface area contributed by atoms with Crippen LogP contribution in [0.2, 0.25) is 0 Å². The van der Waals surface area contributed by atoms with Gasteiger partial charge in [0.2, 0.25) is 5.91 Å². The molecule has 1 aliphatic rings. The van der Waals surface area contributed by atoms with Gasteiger partial charge in [-0.1, -0.05) is 47.9 Å². The molecule has 2 N–H and O–H groups in total. The monoisotopic (exact) mass is 385 g/mol. The maximum absolute atomic E-state index is 14.8. The number of rotatable bonds is 3. The van der Waals surface area contributed by atoms with E-state index in [1.165, 1.54) is 48.3 Å². The van der Waals surface area contributed by atoms with E-state index in [4.69, 9.17) is 13.6 Å². The van der Waals surface area contributed by atoms with E-state index in [9.17, 15) is 18.0 Å². The highest BCUT2D eigenvalue weighted by Gasteiger charge is 2.48. The number of amides is 1. The summed E-state index contributed by atoms with van der Waals surface area (Å²) in [5.74, 6) is -5.17. The molecule has 0 saturated heterocycles. The van der Waals surface area contributed by atoms with Crippen molar-refractivity contribution in [2.75, 3.05) is 7.05 Å². The van der Waals surface area contributed by atoms with Crippen LogP contribution in [-0.4, -0.2) is 31.7 Å². The molecule has 0 unspecified atom stereocenters. The Bertz CT molecular complexity index is 956. The molecule has 2 aromatic carbocycles. The van der Waals surface area contributed by atoms with Crippen LogP contribution in [0.1, 0.15) is 36.5 Å². The number of nitrogens with zero attached hydrogens (tertiary/aromatic N) is 2. The molecule has 3 rings (SSSR count). The van der Waals surface area contributed by atoms with E-state index in [2.05, 4.69) is 4.99 Å². The van der Waals surface area contributed by atoms with Gasteiger partial charge in [-0.3, -0.25) is 9.69 Å². The fourth-order valence-electron chi connectivity index (χ4n) is 3.52. The van der Waals surface area contributed by atoms with Crippen molar-refractivity contribution >= 4 is 25.2 Å². The first-order valence-corrected chi connectivity index (χ1v) is 8.62. The molecule has 2 atom stereocenters. The maximum Gasteiger partial charge on any atom is 0.270 e. The van der Waals surface area contributed by atoms with Crippen molar-refractivity contribution in [1.82, 2.24) is 4.90 Å². The van der Waals surface area contributed by atoms with Gasteiger partial charge in [0.25, 0.3) is 5.92 Å². The summed E-state index contributed by atoms with van der Waals surface area (Å²) in [5.41, 5.74) is 4.75. The van der Waals surface area contributed by atoms with Gasteiger partial charge in [0.15, 0.2) is 5.96 Å². The third-order valence-electron chi connectivity index (χ3n) is 5.15. The Morgan fingerprint density at radius 2 is 1.82 bits per heavy atom. The molecule has 8 heteroatoms. The van der Waals surface area contributed by atoms with Crippen LogP contribution in [0.25, 0.3) is 0 Å². The Labute approximate surface area is 162 Å². The summed E-state index contributed by atoms with van der Waals surface area (Å²) in [6, 6.07) is 9.82. The van der Waals surface area contributed by atoms with Crippen molar-refractivity contribution in [2.45, 2.75) is 31.2 Å². The molecular formula is C20H19BF3N3O. The molecule has 2 aromatic rings. The third kappa shape index (κ3) is 3.17. The van der Waals surface area contributed by atoms with Crippen LogP contribution >= 0.6 is 0 Å². The zero-order valence-corrected chi connectivity index (χ0v) is 15.7. The minimum Gasteiger partial charge on any atom is -0.369 e. The zero-order valence-electron chi connectivity index (χ0n) is 15.7. The summed E-state index contributed by atoms with van der Waals surface area (Å²) in [5, 5.41) is 0. The van der Waals surface area contributed by atoms with E-state index in [-0.39, 0.29) is 22.5 Å². The maximum atomic E-state index is 14.8. The predicted octanol–water partition coefficient (Wildman–Crippen LogP) is 2.52. The van der Waals surface area contributed by atoms with Gasteiger partial charge in [-0.25, -0.2) is 18.2 Å². The van der Waals surface area contributed by atoms with E-state index in [1.54, 1.807) is 13.0 Å². The Morgan fingerprint density at radius 1 is 1.21 bits per heavy atom. The molecule has 28 heavy (non-hydrogen) atoms. The first-order chi connectivity index (χ1) is 13.0. The molecular weight excluding hydrogens is 366 g/mol. The Kier molecular flexibility index (Phi) is 4.77. The summed E-state index contributed by atoms with van der Waals surface area (Å²) in [6.45, 7) is 2.37. The van der Waals surface area contributed by atoms with E-state index >= 15 is 0 Å². The Morgan fingerprint density at radius 3 is 2.39 bits per heavy atom. The number of hydrogen-bond acceptors (Lipinski definition) is 3. The minimum atomic E-state index is -3.02. The van der Waals surface area contributed by atoms with Gasteiger partial charge in [-0.15, -0.1) is 0 Å². The highest BCUT2D eigenvalue weighted by Crippen LogP contribution is 2.44. The van der Waals surface area contributed by atoms with Crippen molar-refractivity contribution in [2.24, 2.45) is 10.7 Å². The second-order valence-corrected chi connectivity index (χ2v) is 7.17. The molecule has 0 aromatic heterocycles. The number of likely N-dealkylation sites (N-methyl/N-ethyl adjacent to an activating group) is 1. The van der Waals surface area contributed by atoms with E-state index < -0.39 is 29.1 Å². The molecule has 0 spiro atoms. The van der Waals surface area contributed by atoms with E-state index in [0.29, 0.717) is 5.56 Å². The Balaban J connectivity index is 2.21. The quantitative estimate of drug-likeness (QED) is 0.826. The molecule has 4 nitrogen and oxygen atoms in total. The lowest BCUT2D eigenvalue weighted by molar-refractivity contribution is -0.130. The van der Waals surface area contributed by atoms with Crippen molar-refractivity contribution in [3.05, 3.63) is 65.0 Å². The number of halogens is 3. The summed E-state index contributed by atoms with van der Waals surface area (Å²) in [6.07, 6.45) is 0. The second-order valence-electron chi connectivity index (χ2n) is 7.17. The van der Waals surface area contributed by atoms with Crippen molar-refractivity contribution in [3.8, 4) is 0 Å². The van der Waals surface area contributed by atoms with Crippen LogP contribution in [-0.2, 0) is 16.3 Å². The number of alkyl halides is 2. The van der Waals surface area contributed by atoms with Crippen LogP contribution in [0.15, 0.2) is 47.5 Å². The highest BCUT2D eigenvalue weighted by atomic mass is 19.3. The normalized spacial score (nSPS) is 22.9. The minimum absolute atomic E-state index is 0.0673. The van der Waals surface area contributed by atoms with Crippen LogP contribution in [0.3, 0.4) is 0 Å². The molecule has 0 aliphatic carbocycles. The number of carbonyl (C=O) groups is 1. The number of aliphatic imine (C=N–C) groups is 1. The van der Waals surface area contributed by atoms with Crippen LogP contribution < -0.4 is 11.2 Å². The Hall–Kier alpha value is -2.77. The summed E-state index contributed by atoms with van der Waals surface area (Å²) < 4.78 is 41.9. The SMILES string of the molecule is [B]c1cccc([C@@]2(C)N=C(N)N(C)C(=O)[C@H]2c2ccc(C(C)(F)F)cc2)c1F. The van der Waals surface area contributed by atoms with Gasteiger partial charge in [0.05, 0.1) is 5.92 Å². The number of hydrogen-bond donors (Lipinski definition) is 1. The zero-order chi connectivity index (χ0) is 20.9.